The number of nitrogens with zero attached hydrogens (tertiary/aromatic N) is 3. The number of quaternary nitrogens is 1. The first-order chi connectivity index (χ1) is 18.2. The molecule has 0 saturated carbocycles. The van der Waals surface area contributed by atoms with Gasteiger partial charge in [-0.2, -0.15) is 0 Å². The van der Waals surface area contributed by atoms with E-state index in [2.05, 4.69) is 11.9 Å². The maximum Gasteiger partial charge on any atom is 0.472 e. The van der Waals surface area contributed by atoms with E-state index in [-0.39, 0.29) is 19.3 Å². The van der Waals surface area contributed by atoms with Crippen LogP contribution in [0.4, 0.5) is 0 Å². The zero-order valence-electron chi connectivity index (χ0n) is 25.0. The Morgan fingerprint density at radius 1 is 0.789 bits per heavy atom. The quantitative estimate of drug-likeness (QED) is 0.0680. The Morgan fingerprint density at radius 2 is 1.32 bits per heavy atom. The first-order valence-corrected chi connectivity index (χ1v) is 16.7. The summed E-state index contributed by atoms with van der Waals surface area (Å²) in [5, 5.41) is 0. The average molecular weight is 561 g/mol. The molecule has 0 amide bonds. The van der Waals surface area contributed by atoms with Gasteiger partial charge in [0.1, 0.15) is 13.2 Å². The summed E-state index contributed by atoms with van der Waals surface area (Å²) < 4.78 is 31.0. The first-order valence-electron chi connectivity index (χ1n) is 15.2. The summed E-state index contributed by atoms with van der Waals surface area (Å²) in [6.45, 7) is 4.14. The van der Waals surface area contributed by atoms with Crippen molar-refractivity contribution >= 4 is 7.82 Å². The summed E-state index contributed by atoms with van der Waals surface area (Å²) >= 11 is 0. The lowest BCUT2D eigenvalue weighted by Crippen LogP contribution is -2.37. The smallest absolute Gasteiger partial charge is 0.379 e. The van der Waals surface area contributed by atoms with Crippen molar-refractivity contribution in [2.75, 3.05) is 54.1 Å². The van der Waals surface area contributed by atoms with Crippen LogP contribution in [0.1, 0.15) is 116 Å². The van der Waals surface area contributed by atoms with Crippen LogP contribution in [-0.4, -0.2) is 73.0 Å². The molecule has 0 aromatic carbocycles. The number of hydrogen-bond donors (Lipinski definition) is 1. The summed E-state index contributed by atoms with van der Waals surface area (Å²) in [5.41, 5.74) is 0. The highest BCUT2D eigenvalue weighted by molar-refractivity contribution is 7.47. The largest absolute Gasteiger partial charge is 0.472 e. The van der Waals surface area contributed by atoms with Gasteiger partial charge in [-0.05, 0) is 6.42 Å². The average Bonchev–Trinajstić information content (AvgIpc) is 3.39. The van der Waals surface area contributed by atoms with Gasteiger partial charge in [-0.1, -0.05) is 103 Å². The third-order valence-corrected chi connectivity index (χ3v) is 7.83. The summed E-state index contributed by atoms with van der Waals surface area (Å²) in [6, 6.07) is -0.235. The van der Waals surface area contributed by atoms with Crippen molar-refractivity contribution < 1.29 is 27.7 Å². The number of hydrogen-bond acceptors (Lipinski definition) is 5. The lowest BCUT2D eigenvalue weighted by Gasteiger charge is -2.24. The van der Waals surface area contributed by atoms with Crippen LogP contribution in [0.5, 0.6) is 0 Å². The van der Waals surface area contributed by atoms with E-state index in [0.717, 1.165) is 6.42 Å². The van der Waals surface area contributed by atoms with E-state index in [1.165, 1.54) is 96.3 Å². The van der Waals surface area contributed by atoms with Crippen molar-refractivity contribution in [1.29, 1.82) is 0 Å². The molecule has 1 N–H and O–H groups in total. The normalized spacial score (nSPS) is 14.6. The van der Waals surface area contributed by atoms with Gasteiger partial charge in [0.05, 0.1) is 46.7 Å². The summed E-state index contributed by atoms with van der Waals surface area (Å²) in [6.07, 6.45) is 26.7. The molecule has 38 heavy (non-hydrogen) atoms. The second kappa shape index (κ2) is 22.0. The fourth-order valence-corrected chi connectivity index (χ4v) is 5.07. The van der Waals surface area contributed by atoms with Crippen molar-refractivity contribution in [2.24, 2.45) is 0 Å². The van der Waals surface area contributed by atoms with Crippen LogP contribution >= 0.6 is 7.82 Å². The Bertz CT molecular complexity index is 697. The lowest BCUT2D eigenvalue weighted by atomic mass is 10.0. The van der Waals surface area contributed by atoms with Crippen LogP contribution in [-0.2, 0) is 18.3 Å². The second-order valence-corrected chi connectivity index (χ2v) is 13.1. The van der Waals surface area contributed by atoms with Gasteiger partial charge in [0, 0.05) is 19.0 Å². The summed E-state index contributed by atoms with van der Waals surface area (Å²) in [4.78, 5) is 14.1. The number of rotatable bonds is 27. The molecule has 0 fully saturated rings. The SMILES string of the molecule is CCCCCCCCCCCCCCCCCCOCC(COP(=O)(O)OCC[N+](C)(C)C)n1ccnc1. The van der Waals surface area contributed by atoms with Gasteiger partial charge in [-0.3, -0.25) is 9.05 Å². The summed E-state index contributed by atoms with van der Waals surface area (Å²) in [5.74, 6) is 0. The van der Waals surface area contributed by atoms with Gasteiger partial charge in [-0.25, -0.2) is 9.55 Å². The standard InChI is InChI=1S/C29H58N3O5P/c1-5-6-7-8-9-10-11-12-13-14-15-16-17-18-19-20-24-35-26-29(31-22-21-30-28-31)27-37-38(33,34)36-25-23-32(2,3)4/h21-22,28-29H,5-20,23-27H2,1-4H3/p+1. The maximum absolute atomic E-state index is 12.3. The highest BCUT2D eigenvalue weighted by atomic mass is 31.2. The zero-order valence-corrected chi connectivity index (χ0v) is 25.9. The molecule has 8 nitrogen and oxygen atoms in total. The highest BCUT2D eigenvalue weighted by Gasteiger charge is 2.25. The molecule has 0 aliphatic rings. The highest BCUT2D eigenvalue weighted by Crippen LogP contribution is 2.43. The van der Waals surface area contributed by atoms with Crippen LogP contribution in [0.15, 0.2) is 18.7 Å². The van der Waals surface area contributed by atoms with Crippen molar-refractivity contribution in [1.82, 2.24) is 9.55 Å². The van der Waals surface area contributed by atoms with E-state index >= 15 is 0 Å². The monoisotopic (exact) mass is 560 g/mol. The Hall–Kier alpha value is -0.760. The topological polar surface area (TPSA) is 82.8 Å². The first kappa shape index (κ1) is 35.3. The maximum atomic E-state index is 12.3. The van der Waals surface area contributed by atoms with Gasteiger partial charge in [0.25, 0.3) is 0 Å². The van der Waals surface area contributed by atoms with E-state index in [1.807, 2.05) is 31.9 Å². The predicted molar refractivity (Wildman–Crippen MR) is 156 cm³/mol. The minimum absolute atomic E-state index is 0.0213. The molecule has 0 saturated heterocycles. The fourth-order valence-electron chi connectivity index (χ4n) is 4.32. The number of likely N-dealkylation sites (N-methyl/N-ethyl adjacent to an activating group) is 1. The number of imidazole rings is 1. The van der Waals surface area contributed by atoms with E-state index < -0.39 is 7.82 Å². The van der Waals surface area contributed by atoms with Crippen LogP contribution in [0.25, 0.3) is 0 Å². The molecule has 1 aromatic heterocycles. The molecule has 0 bridgehead atoms. The number of unbranched alkanes of at least 4 members (excludes halogenated alkanes) is 15. The van der Waals surface area contributed by atoms with Gasteiger partial charge in [-0.15, -0.1) is 0 Å². The number of phosphoric acid groups is 1. The molecule has 0 aliphatic carbocycles. The lowest BCUT2D eigenvalue weighted by molar-refractivity contribution is -0.870. The van der Waals surface area contributed by atoms with E-state index in [4.69, 9.17) is 13.8 Å². The molecule has 0 spiro atoms. The molecule has 1 heterocycles. The molecule has 1 aromatic rings. The molecule has 0 aliphatic heterocycles. The van der Waals surface area contributed by atoms with Crippen LogP contribution in [0, 0.1) is 0 Å². The van der Waals surface area contributed by atoms with Gasteiger partial charge >= 0.3 is 7.82 Å². The van der Waals surface area contributed by atoms with Crippen molar-refractivity contribution in [2.45, 2.75) is 116 Å². The minimum Gasteiger partial charge on any atom is -0.379 e. The molecule has 224 valence electrons. The third kappa shape index (κ3) is 21.1. The number of aromatic nitrogens is 2. The van der Waals surface area contributed by atoms with Gasteiger partial charge in [0.2, 0.25) is 0 Å². The fraction of sp³-hybridized carbons (Fsp3) is 0.897. The van der Waals surface area contributed by atoms with Crippen molar-refractivity contribution in [3.8, 4) is 0 Å². The van der Waals surface area contributed by atoms with Crippen molar-refractivity contribution in [3.05, 3.63) is 18.7 Å². The molecule has 0 radical (unpaired) electrons. The zero-order chi connectivity index (χ0) is 28.0. The third-order valence-electron chi connectivity index (χ3n) is 6.85. The molecular weight excluding hydrogens is 501 g/mol. The van der Waals surface area contributed by atoms with Crippen molar-refractivity contribution in [3.63, 3.8) is 0 Å². The Morgan fingerprint density at radius 3 is 1.79 bits per heavy atom. The Labute approximate surface area is 233 Å². The van der Waals surface area contributed by atoms with E-state index in [0.29, 0.717) is 24.2 Å². The van der Waals surface area contributed by atoms with Gasteiger partial charge < -0.3 is 18.7 Å². The number of ether oxygens (including phenoxy) is 1. The van der Waals surface area contributed by atoms with E-state index in [9.17, 15) is 9.46 Å². The summed E-state index contributed by atoms with van der Waals surface area (Å²) in [7, 11) is 1.88. The second-order valence-electron chi connectivity index (χ2n) is 11.7. The molecular formula is C29H59N3O5P+. The van der Waals surface area contributed by atoms with Crippen LogP contribution in [0.3, 0.4) is 0 Å². The molecule has 9 heteroatoms. The molecule has 2 atom stereocenters. The molecule has 1 rings (SSSR count). The van der Waals surface area contributed by atoms with Gasteiger partial charge in [0.15, 0.2) is 0 Å². The minimum atomic E-state index is -4.11. The van der Waals surface area contributed by atoms with E-state index in [1.54, 1.807) is 12.5 Å². The molecule has 2 unspecified atom stereocenters. The Balaban J connectivity index is 2.04. The van der Waals surface area contributed by atoms with Crippen LogP contribution < -0.4 is 0 Å². The Kier molecular flexibility index (Phi) is 20.4. The number of phosphoric ester groups is 1. The van der Waals surface area contributed by atoms with Crippen LogP contribution in [0.2, 0.25) is 0 Å². The predicted octanol–water partition coefficient (Wildman–Crippen LogP) is 7.54.